The number of nitrogens with zero attached hydrogens (tertiary/aromatic N) is 2. The van der Waals surface area contributed by atoms with Gasteiger partial charge >= 0.3 is 0 Å². The van der Waals surface area contributed by atoms with Gasteiger partial charge in [-0.15, -0.1) is 12.4 Å². The number of piperazine rings is 1. The minimum absolute atomic E-state index is 0. The molecule has 1 unspecified atom stereocenters. The minimum Gasteiger partial charge on any atom is -0.313 e. The summed E-state index contributed by atoms with van der Waals surface area (Å²) in [5, 5.41) is 3.81. The molecule has 0 saturated carbocycles. The van der Waals surface area contributed by atoms with Crippen LogP contribution < -0.4 is 5.32 Å². The van der Waals surface area contributed by atoms with E-state index in [1.807, 2.05) is 18.2 Å². The summed E-state index contributed by atoms with van der Waals surface area (Å²) in [4.78, 5) is 0. The van der Waals surface area contributed by atoms with E-state index in [-0.39, 0.29) is 18.4 Å². The number of nitrogens with one attached hydrogen (secondary N) is 1. The largest absolute Gasteiger partial charge is 0.313 e. The molecule has 2 rings (SSSR count). The molecule has 1 fully saturated rings. The zero-order valence-corrected chi connectivity index (χ0v) is 13.8. The molecule has 20 heavy (non-hydrogen) atoms. The first-order valence-corrected chi connectivity index (χ1v) is 7.86. The highest BCUT2D eigenvalue weighted by Gasteiger charge is 2.35. The standard InChI is InChI=1S/C12H18ClN3O2S.ClH/c1-15(2)19(17,18)16-8-7-14-9-12(16)10-5-3-4-6-11(10)13;/h3-6,12,14H,7-9H2,1-2H3;1H. The molecule has 8 heteroatoms. The van der Waals surface area contributed by atoms with E-state index in [1.54, 1.807) is 20.2 Å². The van der Waals surface area contributed by atoms with Gasteiger partial charge in [-0.3, -0.25) is 0 Å². The maximum Gasteiger partial charge on any atom is 0.282 e. The summed E-state index contributed by atoms with van der Waals surface area (Å²) in [6, 6.07) is 7.10. The molecule has 1 aromatic rings. The van der Waals surface area contributed by atoms with Crippen molar-refractivity contribution in [3.05, 3.63) is 34.9 Å². The van der Waals surface area contributed by atoms with Crippen molar-refractivity contribution in [1.29, 1.82) is 0 Å². The number of rotatable bonds is 3. The van der Waals surface area contributed by atoms with Crippen molar-refractivity contribution in [2.24, 2.45) is 0 Å². The first-order chi connectivity index (χ1) is 8.94. The molecule has 1 N–H and O–H groups in total. The molecule has 0 aromatic heterocycles. The van der Waals surface area contributed by atoms with Crippen molar-refractivity contribution in [3.8, 4) is 0 Å². The highest BCUT2D eigenvalue weighted by Crippen LogP contribution is 2.30. The van der Waals surface area contributed by atoms with Gasteiger partial charge in [-0.25, -0.2) is 0 Å². The van der Waals surface area contributed by atoms with Gasteiger partial charge in [-0.1, -0.05) is 29.8 Å². The molecule has 5 nitrogen and oxygen atoms in total. The van der Waals surface area contributed by atoms with E-state index in [2.05, 4.69) is 5.32 Å². The summed E-state index contributed by atoms with van der Waals surface area (Å²) < 4.78 is 27.5. The first kappa shape index (κ1) is 17.7. The molecule has 0 bridgehead atoms. The Kier molecular flexibility index (Phi) is 6.25. The van der Waals surface area contributed by atoms with Crippen LogP contribution in [-0.2, 0) is 10.2 Å². The van der Waals surface area contributed by atoms with Crippen LogP contribution in [0, 0.1) is 0 Å². The summed E-state index contributed by atoms with van der Waals surface area (Å²) in [5.41, 5.74) is 0.835. The number of benzene rings is 1. The predicted molar refractivity (Wildman–Crippen MR) is 83.6 cm³/mol. The van der Waals surface area contributed by atoms with E-state index in [0.717, 1.165) is 5.56 Å². The van der Waals surface area contributed by atoms with Gasteiger partial charge in [0.2, 0.25) is 0 Å². The molecular weight excluding hydrogens is 321 g/mol. The topological polar surface area (TPSA) is 52.7 Å². The predicted octanol–water partition coefficient (Wildman–Crippen LogP) is 1.51. The number of hydrogen-bond acceptors (Lipinski definition) is 3. The third-order valence-corrected chi connectivity index (χ3v) is 5.51. The van der Waals surface area contributed by atoms with E-state index >= 15 is 0 Å². The average Bonchev–Trinajstić information content (AvgIpc) is 2.39. The van der Waals surface area contributed by atoms with E-state index < -0.39 is 10.2 Å². The second-order valence-electron chi connectivity index (χ2n) is 4.64. The van der Waals surface area contributed by atoms with E-state index in [9.17, 15) is 8.42 Å². The SMILES string of the molecule is CN(C)S(=O)(=O)N1CCNCC1c1ccccc1Cl.Cl. The van der Waals surface area contributed by atoms with Gasteiger partial charge in [0.1, 0.15) is 0 Å². The van der Waals surface area contributed by atoms with E-state index in [1.165, 1.54) is 8.61 Å². The molecule has 0 radical (unpaired) electrons. The van der Waals surface area contributed by atoms with Crippen LogP contribution in [0.5, 0.6) is 0 Å². The highest BCUT2D eigenvalue weighted by atomic mass is 35.5. The Morgan fingerprint density at radius 1 is 1.35 bits per heavy atom. The molecule has 1 heterocycles. The van der Waals surface area contributed by atoms with Crippen LogP contribution in [0.25, 0.3) is 0 Å². The lowest BCUT2D eigenvalue weighted by Gasteiger charge is -2.37. The van der Waals surface area contributed by atoms with Gasteiger partial charge in [0.25, 0.3) is 10.2 Å². The lowest BCUT2D eigenvalue weighted by Crippen LogP contribution is -2.51. The third kappa shape index (κ3) is 3.44. The fourth-order valence-electron chi connectivity index (χ4n) is 2.18. The molecule has 1 aliphatic heterocycles. The zero-order chi connectivity index (χ0) is 14.0. The van der Waals surface area contributed by atoms with Gasteiger partial charge in [-0.2, -0.15) is 17.0 Å². The maximum absolute atomic E-state index is 12.4. The Labute approximate surface area is 131 Å². The second kappa shape index (κ2) is 7.06. The fraction of sp³-hybridized carbons (Fsp3) is 0.500. The molecule has 0 amide bonds. The fourth-order valence-corrected chi connectivity index (χ4v) is 3.69. The molecule has 1 aliphatic rings. The summed E-state index contributed by atoms with van der Waals surface area (Å²) in [6.45, 7) is 1.65. The molecule has 1 atom stereocenters. The molecular formula is C12H19Cl2N3O2S. The number of halogens is 2. The smallest absolute Gasteiger partial charge is 0.282 e. The highest BCUT2D eigenvalue weighted by molar-refractivity contribution is 7.86. The number of hydrogen-bond donors (Lipinski definition) is 1. The van der Waals surface area contributed by atoms with E-state index in [4.69, 9.17) is 11.6 Å². The normalized spacial score (nSPS) is 20.7. The Hall–Kier alpha value is -0.370. The third-order valence-electron chi connectivity index (χ3n) is 3.22. The lowest BCUT2D eigenvalue weighted by atomic mass is 10.1. The summed E-state index contributed by atoms with van der Waals surface area (Å²) in [5.74, 6) is 0. The Bertz CT molecular complexity index is 551. The van der Waals surface area contributed by atoms with Gasteiger partial charge in [0.15, 0.2) is 0 Å². The summed E-state index contributed by atoms with van der Waals surface area (Å²) in [7, 11) is -0.361. The molecule has 1 saturated heterocycles. The first-order valence-electron chi connectivity index (χ1n) is 6.09. The average molecular weight is 340 g/mol. The van der Waals surface area contributed by atoms with Gasteiger partial charge in [0.05, 0.1) is 6.04 Å². The Morgan fingerprint density at radius 3 is 2.60 bits per heavy atom. The molecule has 0 spiro atoms. The van der Waals surface area contributed by atoms with Gasteiger partial charge < -0.3 is 5.32 Å². The molecule has 0 aliphatic carbocycles. The zero-order valence-electron chi connectivity index (χ0n) is 11.4. The Balaban J connectivity index is 0.00000200. The van der Waals surface area contributed by atoms with Crippen LogP contribution in [0.4, 0.5) is 0 Å². The van der Waals surface area contributed by atoms with Crippen molar-refractivity contribution in [3.63, 3.8) is 0 Å². The molecule has 1 aromatic carbocycles. The van der Waals surface area contributed by atoms with Crippen LogP contribution in [0.2, 0.25) is 5.02 Å². The lowest BCUT2D eigenvalue weighted by molar-refractivity contribution is 0.257. The quantitative estimate of drug-likeness (QED) is 0.908. The summed E-state index contributed by atoms with van der Waals surface area (Å²) in [6.07, 6.45) is 0. The van der Waals surface area contributed by atoms with Crippen LogP contribution in [0.1, 0.15) is 11.6 Å². The van der Waals surface area contributed by atoms with Crippen molar-refractivity contribution in [1.82, 2.24) is 13.9 Å². The van der Waals surface area contributed by atoms with Crippen LogP contribution >= 0.6 is 24.0 Å². The van der Waals surface area contributed by atoms with Crippen LogP contribution in [0.3, 0.4) is 0 Å². The summed E-state index contributed by atoms with van der Waals surface area (Å²) >= 11 is 6.19. The van der Waals surface area contributed by atoms with Crippen LogP contribution in [0.15, 0.2) is 24.3 Å². The van der Waals surface area contributed by atoms with Crippen molar-refractivity contribution >= 4 is 34.2 Å². The maximum atomic E-state index is 12.4. The van der Waals surface area contributed by atoms with Crippen molar-refractivity contribution in [2.75, 3.05) is 33.7 Å². The van der Waals surface area contributed by atoms with Crippen LogP contribution in [-0.4, -0.2) is 50.8 Å². The monoisotopic (exact) mass is 339 g/mol. The van der Waals surface area contributed by atoms with Crippen molar-refractivity contribution in [2.45, 2.75) is 6.04 Å². The molecule has 114 valence electrons. The minimum atomic E-state index is -3.45. The Morgan fingerprint density at radius 2 is 2.00 bits per heavy atom. The van der Waals surface area contributed by atoms with Crippen molar-refractivity contribution < 1.29 is 8.42 Å². The second-order valence-corrected chi connectivity index (χ2v) is 7.14. The van der Waals surface area contributed by atoms with E-state index in [0.29, 0.717) is 24.7 Å². The van der Waals surface area contributed by atoms with Gasteiger partial charge in [-0.05, 0) is 11.6 Å². The van der Waals surface area contributed by atoms with Gasteiger partial charge in [0, 0.05) is 38.8 Å².